The van der Waals surface area contributed by atoms with Crippen LogP contribution in [0.3, 0.4) is 0 Å². The standard InChI is InChI=1S/C13H19F3N2O/c1-2-7-17-8-9-18-10-11-3-5-12(6-4-11)19-13(14,15)16/h3-6,17-18H,2,7-10H2,1H3. The minimum atomic E-state index is -4.63. The Bertz CT molecular complexity index is 352. The van der Waals surface area contributed by atoms with Crippen LogP contribution in [0.15, 0.2) is 24.3 Å². The zero-order valence-corrected chi connectivity index (χ0v) is 10.9. The SMILES string of the molecule is CCCNCCNCc1ccc(OC(F)(F)F)cc1. The van der Waals surface area contributed by atoms with E-state index in [2.05, 4.69) is 22.3 Å². The van der Waals surface area contributed by atoms with Crippen molar-refractivity contribution in [3.8, 4) is 5.75 Å². The molecule has 0 amide bonds. The quantitative estimate of drug-likeness (QED) is 0.716. The topological polar surface area (TPSA) is 33.3 Å². The van der Waals surface area contributed by atoms with Gasteiger partial charge >= 0.3 is 6.36 Å². The molecule has 0 radical (unpaired) electrons. The van der Waals surface area contributed by atoms with Gasteiger partial charge in [-0.3, -0.25) is 0 Å². The van der Waals surface area contributed by atoms with Gasteiger partial charge in [0.2, 0.25) is 0 Å². The van der Waals surface area contributed by atoms with E-state index in [-0.39, 0.29) is 5.75 Å². The van der Waals surface area contributed by atoms with Crippen molar-refractivity contribution in [3.63, 3.8) is 0 Å². The minimum absolute atomic E-state index is 0.194. The van der Waals surface area contributed by atoms with Crippen LogP contribution in [0.5, 0.6) is 5.75 Å². The Morgan fingerprint density at radius 1 is 1.00 bits per heavy atom. The van der Waals surface area contributed by atoms with Crippen molar-refractivity contribution >= 4 is 0 Å². The summed E-state index contributed by atoms with van der Waals surface area (Å²) in [6.45, 7) is 5.42. The third kappa shape index (κ3) is 7.69. The summed E-state index contributed by atoms with van der Waals surface area (Å²) in [5.41, 5.74) is 0.921. The highest BCUT2D eigenvalue weighted by Gasteiger charge is 2.30. The summed E-state index contributed by atoms with van der Waals surface area (Å²) in [6, 6.07) is 5.88. The van der Waals surface area contributed by atoms with E-state index in [1.54, 1.807) is 12.1 Å². The summed E-state index contributed by atoms with van der Waals surface area (Å²) in [7, 11) is 0. The smallest absolute Gasteiger partial charge is 0.406 e. The van der Waals surface area contributed by atoms with Gasteiger partial charge in [-0.15, -0.1) is 13.2 Å². The first-order chi connectivity index (χ1) is 9.01. The first-order valence-electron chi connectivity index (χ1n) is 6.27. The monoisotopic (exact) mass is 276 g/mol. The first kappa shape index (κ1) is 15.8. The number of hydrogen-bond acceptors (Lipinski definition) is 3. The van der Waals surface area contributed by atoms with Crippen LogP contribution < -0.4 is 15.4 Å². The molecule has 1 aromatic carbocycles. The molecular formula is C13H19F3N2O. The Kier molecular flexibility index (Phi) is 6.66. The Hall–Kier alpha value is -1.27. The van der Waals surface area contributed by atoms with Crippen LogP contribution in [0.1, 0.15) is 18.9 Å². The second-order valence-electron chi connectivity index (χ2n) is 4.12. The molecule has 2 N–H and O–H groups in total. The van der Waals surface area contributed by atoms with Crippen LogP contribution in [-0.4, -0.2) is 26.0 Å². The van der Waals surface area contributed by atoms with Crippen molar-refractivity contribution in [1.29, 1.82) is 0 Å². The summed E-state index contributed by atoms with van der Waals surface area (Å²) in [5.74, 6) is -0.194. The van der Waals surface area contributed by atoms with E-state index >= 15 is 0 Å². The Morgan fingerprint density at radius 2 is 1.63 bits per heavy atom. The fourth-order valence-electron chi connectivity index (χ4n) is 1.52. The van der Waals surface area contributed by atoms with Gasteiger partial charge < -0.3 is 15.4 Å². The van der Waals surface area contributed by atoms with Gasteiger partial charge in [0, 0.05) is 19.6 Å². The second-order valence-corrected chi connectivity index (χ2v) is 4.12. The van der Waals surface area contributed by atoms with Crippen LogP contribution in [0.4, 0.5) is 13.2 Å². The van der Waals surface area contributed by atoms with Crippen LogP contribution in [0, 0.1) is 0 Å². The summed E-state index contributed by atoms with van der Waals surface area (Å²) in [4.78, 5) is 0. The molecule has 108 valence electrons. The predicted molar refractivity (Wildman–Crippen MR) is 68.0 cm³/mol. The Labute approximate surface area is 111 Å². The van der Waals surface area contributed by atoms with Crippen LogP contribution >= 0.6 is 0 Å². The van der Waals surface area contributed by atoms with Gasteiger partial charge in [-0.25, -0.2) is 0 Å². The van der Waals surface area contributed by atoms with Gasteiger partial charge in [0.25, 0.3) is 0 Å². The molecule has 0 saturated carbocycles. The van der Waals surface area contributed by atoms with Crippen molar-refractivity contribution in [2.75, 3.05) is 19.6 Å². The minimum Gasteiger partial charge on any atom is -0.406 e. The molecule has 0 aromatic heterocycles. The van der Waals surface area contributed by atoms with Crippen LogP contribution in [-0.2, 0) is 6.54 Å². The number of rotatable bonds is 8. The van der Waals surface area contributed by atoms with Gasteiger partial charge in [-0.05, 0) is 30.7 Å². The fourth-order valence-corrected chi connectivity index (χ4v) is 1.52. The summed E-state index contributed by atoms with van der Waals surface area (Å²) >= 11 is 0. The van der Waals surface area contributed by atoms with E-state index in [1.807, 2.05) is 0 Å². The van der Waals surface area contributed by atoms with Crippen molar-refractivity contribution < 1.29 is 17.9 Å². The molecule has 3 nitrogen and oxygen atoms in total. The molecule has 0 aliphatic rings. The zero-order valence-electron chi connectivity index (χ0n) is 10.9. The molecule has 0 atom stereocenters. The van der Waals surface area contributed by atoms with E-state index in [9.17, 15) is 13.2 Å². The zero-order chi connectivity index (χ0) is 14.1. The number of nitrogens with one attached hydrogen (secondary N) is 2. The molecule has 0 fully saturated rings. The normalized spacial score (nSPS) is 11.6. The van der Waals surface area contributed by atoms with E-state index in [1.165, 1.54) is 12.1 Å². The van der Waals surface area contributed by atoms with Crippen molar-refractivity contribution in [1.82, 2.24) is 10.6 Å². The lowest BCUT2D eigenvalue weighted by Gasteiger charge is -2.10. The number of benzene rings is 1. The average Bonchev–Trinajstić information content (AvgIpc) is 2.34. The summed E-state index contributed by atoms with van der Waals surface area (Å²) in [6.07, 6.45) is -3.54. The molecule has 0 unspecified atom stereocenters. The maximum atomic E-state index is 12.0. The van der Waals surface area contributed by atoms with Crippen molar-refractivity contribution in [3.05, 3.63) is 29.8 Å². The highest BCUT2D eigenvalue weighted by Crippen LogP contribution is 2.22. The van der Waals surface area contributed by atoms with Gasteiger partial charge in [-0.2, -0.15) is 0 Å². The highest BCUT2D eigenvalue weighted by atomic mass is 19.4. The summed E-state index contributed by atoms with van der Waals surface area (Å²) < 4.78 is 39.6. The predicted octanol–water partition coefficient (Wildman–Crippen LogP) is 2.67. The molecule has 0 aliphatic carbocycles. The lowest BCUT2D eigenvalue weighted by Crippen LogP contribution is -2.27. The number of hydrogen-bond donors (Lipinski definition) is 2. The summed E-state index contributed by atoms with van der Waals surface area (Å²) in [5, 5.41) is 6.45. The third-order valence-electron chi connectivity index (χ3n) is 2.39. The van der Waals surface area contributed by atoms with Crippen LogP contribution in [0.2, 0.25) is 0 Å². The lowest BCUT2D eigenvalue weighted by molar-refractivity contribution is -0.274. The van der Waals surface area contributed by atoms with E-state index in [0.29, 0.717) is 6.54 Å². The molecule has 0 spiro atoms. The van der Waals surface area contributed by atoms with Crippen molar-refractivity contribution in [2.45, 2.75) is 26.3 Å². The molecule has 1 rings (SSSR count). The Morgan fingerprint density at radius 3 is 2.21 bits per heavy atom. The van der Waals surface area contributed by atoms with Gasteiger partial charge in [0.15, 0.2) is 0 Å². The maximum Gasteiger partial charge on any atom is 0.573 e. The largest absolute Gasteiger partial charge is 0.573 e. The number of halogens is 3. The van der Waals surface area contributed by atoms with Gasteiger partial charge in [0.1, 0.15) is 5.75 Å². The molecule has 1 aromatic rings. The molecule has 0 heterocycles. The molecule has 0 bridgehead atoms. The molecule has 6 heteroatoms. The fraction of sp³-hybridized carbons (Fsp3) is 0.538. The highest BCUT2D eigenvalue weighted by molar-refractivity contribution is 5.27. The van der Waals surface area contributed by atoms with E-state index < -0.39 is 6.36 Å². The van der Waals surface area contributed by atoms with Gasteiger partial charge in [0.05, 0.1) is 0 Å². The Balaban J connectivity index is 2.25. The molecule has 0 aliphatic heterocycles. The average molecular weight is 276 g/mol. The van der Waals surface area contributed by atoms with Crippen LogP contribution in [0.25, 0.3) is 0 Å². The van der Waals surface area contributed by atoms with Gasteiger partial charge in [-0.1, -0.05) is 19.1 Å². The van der Waals surface area contributed by atoms with E-state index in [0.717, 1.165) is 31.6 Å². The number of alkyl halides is 3. The molecular weight excluding hydrogens is 257 g/mol. The number of ether oxygens (including phenoxy) is 1. The van der Waals surface area contributed by atoms with E-state index in [4.69, 9.17) is 0 Å². The first-order valence-corrected chi connectivity index (χ1v) is 6.27. The molecule has 19 heavy (non-hydrogen) atoms. The second kappa shape index (κ2) is 8.01. The third-order valence-corrected chi connectivity index (χ3v) is 2.39. The maximum absolute atomic E-state index is 12.0. The lowest BCUT2D eigenvalue weighted by atomic mass is 10.2. The van der Waals surface area contributed by atoms with Crippen molar-refractivity contribution in [2.24, 2.45) is 0 Å². The molecule has 0 saturated heterocycles.